The normalized spacial score (nSPS) is 17.3. The molecule has 1 amide bonds. The van der Waals surface area contributed by atoms with Crippen LogP contribution in [0.15, 0.2) is 24.3 Å². The fourth-order valence-electron chi connectivity index (χ4n) is 2.23. The van der Waals surface area contributed by atoms with Crippen molar-refractivity contribution >= 4 is 5.91 Å². The molecule has 1 heterocycles. The van der Waals surface area contributed by atoms with Crippen LogP contribution in [-0.2, 0) is 16.1 Å². The molecule has 1 atom stereocenters. The van der Waals surface area contributed by atoms with E-state index in [0.717, 1.165) is 17.9 Å². The van der Waals surface area contributed by atoms with Gasteiger partial charge in [0.05, 0.1) is 33.0 Å². The number of carbonyl (C=O) groups excluding carboxylic acids is 1. The fraction of sp³-hybridized carbons (Fsp3) is 0.533. The Labute approximate surface area is 124 Å². The first kappa shape index (κ1) is 15.8. The summed E-state index contributed by atoms with van der Waals surface area (Å²) < 4.78 is 10.6. The zero-order valence-corrected chi connectivity index (χ0v) is 12.2. The van der Waals surface area contributed by atoms with Crippen molar-refractivity contribution in [1.82, 2.24) is 10.2 Å². The molecule has 1 fully saturated rings. The Morgan fingerprint density at radius 3 is 2.81 bits per heavy atom. The van der Waals surface area contributed by atoms with Gasteiger partial charge in [0.15, 0.2) is 0 Å². The Balaban J connectivity index is 1.66. The third kappa shape index (κ3) is 5.34. The van der Waals surface area contributed by atoms with E-state index in [1.807, 2.05) is 29.2 Å². The van der Waals surface area contributed by atoms with E-state index < -0.39 is 6.10 Å². The number of aliphatic hydroxyl groups is 1. The van der Waals surface area contributed by atoms with Crippen molar-refractivity contribution in [3.8, 4) is 5.75 Å². The highest BCUT2D eigenvalue weighted by Gasteiger charge is 2.18. The Bertz CT molecular complexity index is 449. The molecule has 0 aliphatic carbocycles. The molecule has 1 aromatic carbocycles. The molecule has 0 spiro atoms. The Morgan fingerprint density at radius 2 is 2.14 bits per heavy atom. The lowest BCUT2D eigenvalue weighted by Gasteiger charge is -2.28. The smallest absolute Gasteiger partial charge is 0.234 e. The summed E-state index contributed by atoms with van der Waals surface area (Å²) in [5, 5.41) is 12.7. The number of rotatable bonds is 7. The molecule has 2 N–H and O–H groups in total. The molecule has 6 nitrogen and oxygen atoms in total. The Hall–Kier alpha value is -1.63. The summed E-state index contributed by atoms with van der Waals surface area (Å²) in [6, 6.07) is 7.61. The van der Waals surface area contributed by atoms with Crippen molar-refractivity contribution in [2.24, 2.45) is 0 Å². The summed E-state index contributed by atoms with van der Waals surface area (Å²) in [7, 11) is 1.63. The van der Waals surface area contributed by atoms with Crippen molar-refractivity contribution in [1.29, 1.82) is 0 Å². The molecule has 0 saturated carbocycles. The van der Waals surface area contributed by atoms with E-state index in [1.54, 1.807) is 7.11 Å². The Morgan fingerprint density at radius 1 is 1.38 bits per heavy atom. The number of aliphatic hydroxyl groups excluding tert-OH is 1. The molecule has 0 aromatic heterocycles. The van der Waals surface area contributed by atoms with Gasteiger partial charge in [0.2, 0.25) is 5.91 Å². The third-order valence-electron chi connectivity index (χ3n) is 3.32. The van der Waals surface area contributed by atoms with Gasteiger partial charge >= 0.3 is 0 Å². The maximum absolute atomic E-state index is 11.2. The SMILES string of the molecule is COc1ccc(COCC(O)CN2CCNC(=O)C2)cc1. The number of piperazine rings is 1. The van der Waals surface area contributed by atoms with Crippen LogP contribution in [-0.4, -0.2) is 61.9 Å². The fourth-order valence-corrected chi connectivity index (χ4v) is 2.23. The van der Waals surface area contributed by atoms with Crippen molar-refractivity contribution in [3.05, 3.63) is 29.8 Å². The van der Waals surface area contributed by atoms with Crippen LogP contribution >= 0.6 is 0 Å². The van der Waals surface area contributed by atoms with Crippen LogP contribution in [0.3, 0.4) is 0 Å². The number of hydrogen-bond donors (Lipinski definition) is 2. The van der Waals surface area contributed by atoms with Crippen LogP contribution < -0.4 is 10.1 Å². The summed E-state index contributed by atoms with van der Waals surface area (Å²) >= 11 is 0. The number of nitrogens with zero attached hydrogens (tertiary/aromatic N) is 1. The van der Waals surface area contributed by atoms with Crippen LogP contribution in [0.4, 0.5) is 0 Å². The quantitative estimate of drug-likeness (QED) is 0.741. The highest BCUT2D eigenvalue weighted by Crippen LogP contribution is 2.12. The van der Waals surface area contributed by atoms with Gasteiger partial charge in [-0.05, 0) is 17.7 Å². The molecule has 116 valence electrons. The average molecular weight is 294 g/mol. The molecule has 1 saturated heterocycles. The summed E-state index contributed by atoms with van der Waals surface area (Å²) in [4.78, 5) is 13.2. The number of ether oxygens (including phenoxy) is 2. The second-order valence-corrected chi connectivity index (χ2v) is 5.10. The summed E-state index contributed by atoms with van der Waals surface area (Å²) in [5.41, 5.74) is 1.03. The number of methoxy groups -OCH3 is 1. The number of β-amino-alcohol motifs (C(OH)–C–C–N with tert-alkyl or cyclic N) is 1. The van der Waals surface area contributed by atoms with Crippen molar-refractivity contribution < 1.29 is 19.4 Å². The molecule has 2 rings (SSSR count). The highest BCUT2D eigenvalue weighted by atomic mass is 16.5. The van der Waals surface area contributed by atoms with Gasteiger partial charge in [-0.15, -0.1) is 0 Å². The first-order valence-electron chi connectivity index (χ1n) is 7.05. The standard InChI is InChI=1S/C15H22N2O4/c1-20-14-4-2-12(3-5-14)10-21-11-13(18)8-17-7-6-16-15(19)9-17/h2-5,13,18H,6-11H2,1H3,(H,16,19). The van der Waals surface area contributed by atoms with Gasteiger partial charge in [0, 0.05) is 19.6 Å². The van der Waals surface area contributed by atoms with Gasteiger partial charge in [0.25, 0.3) is 0 Å². The van der Waals surface area contributed by atoms with Gasteiger partial charge in [-0.2, -0.15) is 0 Å². The van der Waals surface area contributed by atoms with Crippen molar-refractivity contribution in [2.45, 2.75) is 12.7 Å². The first-order chi connectivity index (χ1) is 10.2. The van der Waals surface area contributed by atoms with Crippen molar-refractivity contribution in [2.75, 3.05) is 39.9 Å². The number of carbonyl (C=O) groups is 1. The topological polar surface area (TPSA) is 71.0 Å². The average Bonchev–Trinajstić information content (AvgIpc) is 2.48. The van der Waals surface area contributed by atoms with Gasteiger partial charge in [-0.1, -0.05) is 12.1 Å². The summed E-state index contributed by atoms with van der Waals surface area (Å²) in [6.45, 7) is 2.90. The van der Waals surface area contributed by atoms with Crippen LogP contribution in [0.2, 0.25) is 0 Å². The molecular formula is C15H22N2O4. The van der Waals surface area contributed by atoms with Crippen LogP contribution in [0.5, 0.6) is 5.75 Å². The number of hydrogen-bond acceptors (Lipinski definition) is 5. The summed E-state index contributed by atoms with van der Waals surface area (Å²) in [6.07, 6.45) is -0.589. The molecule has 0 bridgehead atoms. The lowest BCUT2D eigenvalue weighted by molar-refractivity contribution is -0.124. The summed E-state index contributed by atoms with van der Waals surface area (Å²) in [5.74, 6) is 0.815. The first-order valence-corrected chi connectivity index (χ1v) is 7.05. The largest absolute Gasteiger partial charge is 0.497 e. The van der Waals surface area contributed by atoms with Crippen LogP contribution in [0, 0.1) is 0 Å². The van der Waals surface area contributed by atoms with Crippen LogP contribution in [0.1, 0.15) is 5.56 Å². The molecule has 1 unspecified atom stereocenters. The second-order valence-electron chi connectivity index (χ2n) is 5.10. The van der Waals surface area contributed by atoms with Gasteiger partial charge in [-0.3, -0.25) is 9.69 Å². The third-order valence-corrected chi connectivity index (χ3v) is 3.32. The van der Waals surface area contributed by atoms with Gasteiger partial charge in [-0.25, -0.2) is 0 Å². The zero-order chi connectivity index (χ0) is 15.1. The highest BCUT2D eigenvalue weighted by molar-refractivity contribution is 5.78. The molecule has 1 aliphatic rings. The predicted octanol–water partition coefficient (Wildman–Crippen LogP) is 0.00450. The monoisotopic (exact) mass is 294 g/mol. The minimum Gasteiger partial charge on any atom is -0.497 e. The van der Waals surface area contributed by atoms with Gasteiger partial charge in [0.1, 0.15) is 5.75 Å². The maximum Gasteiger partial charge on any atom is 0.234 e. The number of amides is 1. The molecule has 1 aliphatic heterocycles. The van der Waals surface area contributed by atoms with E-state index >= 15 is 0 Å². The lowest BCUT2D eigenvalue weighted by Crippen LogP contribution is -2.50. The lowest BCUT2D eigenvalue weighted by atomic mass is 10.2. The predicted molar refractivity (Wildman–Crippen MR) is 78.1 cm³/mol. The molecule has 0 radical (unpaired) electrons. The molecule has 6 heteroatoms. The van der Waals surface area contributed by atoms with E-state index in [4.69, 9.17) is 9.47 Å². The van der Waals surface area contributed by atoms with Crippen molar-refractivity contribution in [3.63, 3.8) is 0 Å². The maximum atomic E-state index is 11.2. The molecule has 21 heavy (non-hydrogen) atoms. The van der Waals surface area contributed by atoms with E-state index in [0.29, 0.717) is 26.2 Å². The van der Waals surface area contributed by atoms with Gasteiger partial charge < -0.3 is 19.9 Å². The zero-order valence-electron chi connectivity index (χ0n) is 12.2. The molecular weight excluding hydrogens is 272 g/mol. The van der Waals surface area contributed by atoms with E-state index in [-0.39, 0.29) is 12.5 Å². The Kier molecular flexibility index (Phi) is 5.98. The van der Waals surface area contributed by atoms with Crippen LogP contribution in [0.25, 0.3) is 0 Å². The van der Waals surface area contributed by atoms with E-state index in [1.165, 1.54) is 0 Å². The van der Waals surface area contributed by atoms with E-state index in [2.05, 4.69) is 5.32 Å². The second kappa shape index (κ2) is 7.97. The number of nitrogens with one attached hydrogen (secondary N) is 1. The minimum atomic E-state index is -0.589. The molecule has 1 aromatic rings. The minimum absolute atomic E-state index is 0.00704. The number of benzene rings is 1. The van der Waals surface area contributed by atoms with E-state index in [9.17, 15) is 9.90 Å².